The number of nitrogens with zero attached hydrogens (tertiary/aromatic N) is 2. The van der Waals surface area contributed by atoms with Gasteiger partial charge in [-0.2, -0.15) is 0 Å². The van der Waals surface area contributed by atoms with E-state index in [0.717, 1.165) is 28.6 Å². The molecule has 0 bridgehead atoms. The van der Waals surface area contributed by atoms with Crippen LogP contribution in [0, 0.1) is 17.0 Å². The number of non-ortho nitro benzene ring substituents is 1. The maximum Gasteiger partial charge on any atom is 0.270 e. The Kier molecular flexibility index (Phi) is 2.56. The average Bonchev–Trinajstić information content (AvgIpc) is 2.27. The molecule has 1 heterocycles. The second kappa shape index (κ2) is 3.89. The molecule has 0 aliphatic rings. The molecule has 0 aliphatic carbocycles. The first-order chi connectivity index (χ1) is 7.61. The Hall–Kier alpha value is -1.97. The quantitative estimate of drug-likeness (QED) is 0.572. The molecule has 0 fully saturated rings. The summed E-state index contributed by atoms with van der Waals surface area (Å²) < 4.78 is 0. The van der Waals surface area contributed by atoms with Crippen molar-refractivity contribution in [2.45, 2.75) is 20.3 Å². The van der Waals surface area contributed by atoms with Crippen molar-refractivity contribution in [3.63, 3.8) is 0 Å². The van der Waals surface area contributed by atoms with Crippen molar-refractivity contribution in [1.29, 1.82) is 0 Å². The van der Waals surface area contributed by atoms with E-state index in [1.807, 2.05) is 19.9 Å². The molecule has 82 valence electrons. The summed E-state index contributed by atoms with van der Waals surface area (Å²) in [7, 11) is 0. The Bertz CT molecular complexity index is 564. The summed E-state index contributed by atoms with van der Waals surface area (Å²) >= 11 is 0. The molecule has 16 heavy (non-hydrogen) atoms. The van der Waals surface area contributed by atoms with Gasteiger partial charge in [-0.15, -0.1) is 0 Å². The van der Waals surface area contributed by atoms with Crippen LogP contribution < -0.4 is 0 Å². The zero-order chi connectivity index (χ0) is 11.7. The minimum atomic E-state index is -0.376. The van der Waals surface area contributed by atoms with Crippen molar-refractivity contribution in [1.82, 2.24) is 4.98 Å². The molecule has 0 aliphatic heterocycles. The number of hydrogen-bond acceptors (Lipinski definition) is 3. The number of aromatic nitrogens is 1. The summed E-state index contributed by atoms with van der Waals surface area (Å²) in [5.74, 6) is 0. The number of benzene rings is 1. The summed E-state index contributed by atoms with van der Waals surface area (Å²) in [6.07, 6.45) is 0.848. The Balaban J connectivity index is 2.75. The fourth-order valence-corrected chi connectivity index (χ4v) is 1.84. The number of aryl methyl sites for hydroxylation is 2. The molecular weight excluding hydrogens is 204 g/mol. The molecule has 0 saturated carbocycles. The molecular formula is C12H12N2O2. The number of nitro benzene ring substituents is 1. The highest BCUT2D eigenvalue weighted by Gasteiger charge is 2.09. The van der Waals surface area contributed by atoms with Crippen molar-refractivity contribution in [3.8, 4) is 0 Å². The lowest BCUT2D eigenvalue weighted by molar-refractivity contribution is -0.384. The molecule has 0 spiro atoms. The Morgan fingerprint density at radius 1 is 1.38 bits per heavy atom. The molecule has 0 amide bonds. The van der Waals surface area contributed by atoms with E-state index in [2.05, 4.69) is 4.98 Å². The van der Waals surface area contributed by atoms with Crippen LogP contribution in [-0.2, 0) is 6.42 Å². The van der Waals surface area contributed by atoms with E-state index in [1.54, 1.807) is 12.1 Å². The van der Waals surface area contributed by atoms with E-state index in [9.17, 15) is 10.1 Å². The van der Waals surface area contributed by atoms with Gasteiger partial charge in [-0.3, -0.25) is 15.1 Å². The van der Waals surface area contributed by atoms with Crippen molar-refractivity contribution >= 4 is 16.6 Å². The Labute approximate surface area is 93.1 Å². The van der Waals surface area contributed by atoms with E-state index in [-0.39, 0.29) is 10.6 Å². The predicted octanol–water partition coefficient (Wildman–Crippen LogP) is 3.01. The van der Waals surface area contributed by atoms with Gasteiger partial charge in [0.25, 0.3) is 5.69 Å². The molecule has 0 radical (unpaired) electrons. The summed E-state index contributed by atoms with van der Waals surface area (Å²) in [4.78, 5) is 14.7. The van der Waals surface area contributed by atoms with E-state index in [0.29, 0.717) is 0 Å². The molecule has 0 unspecified atom stereocenters. The van der Waals surface area contributed by atoms with Crippen molar-refractivity contribution in [3.05, 3.63) is 45.6 Å². The maximum absolute atomic E-state index is 10.7. The van der Waals surface area contributed by atoms with E-state index in [1.165, 1.54) is 6.07 Å². The van der Waals surface area contributed by atoms with Crippen LogP contribution in [0.3, 0.4) is 0 Å². The maximum atomic E-state index is 10.7. The van der Waals surface area contributed by atoms with Crippen LogP contribution in [0.15, 0.2) is 24.3 Å². The van der Waals surface area contributed by atoms with Gasteiger partial charge < -0.3 is 0 Å². The molecule has 0 atom stereocenters. The number of hydrogen-bond donors (Lipinski definition) is 0. The standard InChI is InChI=1S/C12H12N2O2/c1-3-9-6-8(2)13-12-5-4-10(14(15)16)7-11(9)12/h4-7H,3H2,1-2H3. The highest BCUT2D eigenvalue weighted by atomic mass is 16.6. The van der Waals surface area contributed by atoms with Gasteiger partial charge in [-0.1, -0.05) is 6.92 Å². The molecule has 4 heteroatoms. The van der Waals surface area contributed by atoms with Gasteiger partial charge in [-0.05, 0) is 31.0 Å². The van der Waals surface area contributed by atoms with Gasteiger partial charge >= 0.3 is 0 Å². The van der Waals surface area contributed by atoms with Crippen LogP contribution >= 0.6 is 0 Å². The minimum absolute atomic E-state index is 0.118. The third kappa shape index (κ3) is 1.74. The molecule has 2 aromatic rings. The van der Waals surface area contributed by atoms with Gasteiger partial charge in [0.15, 0.2) is 0 Å². The Morgan fingerprint density at radius 3 is 2.75 bits per heavy atom. The third-order valence-electron chi connectivity index (χ3n) is 2.60. The Morgan fingerprint density at radius 2 is 2.12 bits per heavy atom. The molecule has 4 nitrogen and oxygen atoms in total. The van der Waals surface area contributed by atoms with E-state index in [4.69, 9.17) is 0 Å². The third-order valence-corrected chi connectivity index (χ3v) is 2.60. The smallest absolute Gasteiger partial charge is 0.258 e. The second-order valence-corrected chi connectivity index (χ2v) is 3.73. The fourth-order valence-electron chi connectivity index (χ4n) is 1.84. The molecule has 0 N–H and O–H groups in total. The lowest BCUT2D eigenvalue weighted by Crippen LogP contribution is -1.93. The number of pyridine rings is 1. The first kappa shape index (κ1) is 10.5. The number of rotatable bonds is 2. The lowest BCUT2D eigenvalue weighted by Gasteiger charge is -2.05. The monoisotopic (exact) mass is 216 g/mol. The number of fused-ring (bicyclic) bond motifs is 1. The van der Waals surface area contributed by atoms with Crippen molar-refractivity contribution < 1.29 is 4.92 Å². The zero-order valence-electron chi connectivity index (χ0n) is 9.23. The van der Waals surface area contributed by atoms with E-state index >= 15 is 0 Å². The summed E-state index contributed by atoms with van der Waals surface area (Å²) in [5.41, 5.74) is 2.99. The topological polar surface area (TPSA) is 56.0 Å². The van der Waals surface area contributed by atoms with Crippen molar-refractivity contribution in [2.24, 2.45) is 0 Å². The van der Waals surface area contributed by atoms with Gasteiger partial charge in [0.1, 0.15) is 0 Å². The second-order valence-electron chi connectivity index (χ2n) is 3.73. The highest BCUT2D eigenvalue weighted by Crippen LogP contribution is 2.23. The molecule has 0 saturated heterocycles. The fraction of sp³-hybridized carbons (Fsp3) is 0.250. The van der Waals surface area contributed by atoms with E-state index < -0.39 is 0 Å². The molecule has 1 aromatic carbocycles. The van der Waals surface area contributed by atoms with Crippen molar-refractivity contribution in [2.75, 3.05) is 0 Å². The number of nitro groups is 1. The lowest BCUT2D eigenvalue weighted by atomic mass is 10.1. The minimum Gasteiger partial charge on any atom is -0.258 e. The normalized spacial score (nSPS) is 10.6. The van der Waals surface area contributed by atoms with Crippen LogP contribution in [0.2, 0.25) is 0 Å². The average molecular weight is 216 g/mol. The summed E-state index contributed by atoms with van der Waals surface area (Å²) in [6.45, 7) is 3.97. The first-order valence-corrected chi connectivity index (χ1v) is 5.16. The predicted molar refractivity (Wildman–Crippen MR) is 62.5 cm³/mol. The molecule has 1 aromatic heterocycles. The van der Waals surface area contributed by atoms with Crippen LogP contribution in [0.25, 0.3) is 10.9 Å². The van der Waals surface area contributed by atoms with Crippen LogP contribution in [-0.4, -0.2) is 9.91 Å². The SMILES string of the molecule is CCc1cc(C)nc2ccc([N+](=O)[O-])cc12. The summed E-state index contributed by atoms with van der Waals surface area (Å²) in [5, 5.41) is 11.6. The molecule has 2 rings (SSSR count). The summed E-state index contributed by atoms with van der Waals surface area (Å²) in [6, 6.07) is 6.78. The zero-order valence-corrected chi connectivity index (χ0v) is 9.23. The van der Waals surface area contributed by atoms with Gasteiger partial charge in [0.05, 0.1) is 10.4 Å². The van der Waals surface area contributed by atoms with Gasteiger partial charge in [-0.25, -0.2) is 0 Å². The highest BCUT2D eigenvalue weighted by molar-refractivity contribution is 5.84. The van der Waals surface area contributed by atoms with Gasteiger partial charge in [0.2, 0.25) is 0 Å². The van der Waals surface area contributed by atoms with Crippen LogP contribution in [0.4, 0.5) is 5.69 Å². The van der Waals surface area contributed by atoms with Crippen LogP contribution in [0.1, 0.15) is 18.2 Å². The van der Waals surface area contributed by atoms with Gasteiger partial charge in [0, 0.05) is 23.2 Å². The first-order valence-electron chi connectivity index (χ1n) is 5.16. The largest absolute Gasteiger partial charge is 0.270 e. The van der Waals surface area contributed by atoms with Crippen LogP contribution in [0.5, 0.6) is 0 Å².